The van der Waals surface area contributed by atoms with Gasteiger partial charge in [0, 0.05) is 22.1 Å². The van der Waals surface area contributed by atoms with Crippen molar-refractivity contribution in [3.8, 4) is 17.2 Å². The molecular formula is C24H25NO3. The van der Waals surface area contributed by atoms with Gasteiger partial charge in [-0.05, 0) is 61.6 Å². The van der Waals surface area contributed by atoms with Gasteiger partial charge in [0.1, 0.15) is 18.6 Å². The summed E-state index contributed by atoms with van der Waals surface area (Å²) in [6.07, 6.45) is 14.0. The molecule has 4 atom stereocenters. The topological polar surface area (TPSA) is 52.3 Å². The van der Waals surface area contributed by atoms with Crippen LogP contribution in [0.15, 0.2) is 40.6 Å². The van der Waals surface area contributed by atoms with E-state index in [1.807, 2.05) is 18.2 Å². The Morgan fingerprint density at radius 1 is 1.14 bits per heavy atom. The monoisotopic (exact) mass is 375 g/mol. The first-order chi connectivity index (χ1) is 13.7. The summed E-state index contributed by atoms with van der Waals surface area (Å²) in [7, 11) is 0. The van der Waals surface area contributed by atoms with Gasteiger partial charge < -0.3 is 9.15 Å². The second kappa shape index (κ2) is 6.07. The Labute approximate surface area is 165 Å². The minimum absolute atomic E-state index is 0.108. The smallest absolute Gasteiger partial charge is 0.225 e. The Kier molecular flexibility index (Phi) is 3.59. The van der Waals surface area contributed by atoms with E-state index >= 15 is 0 Å². The van der Waals surface area contributed by atoms with E-state index in [4.69, 9.17) is 9.15 Å². The van der Waals surface area contributed by atoms with Crippen molar-refractivity contribution in [2.24, 2.45) is 23.2 Å². The van der Waals surface area contributed by atoms with Crippen LogP contribution in [0.5, 0.6) is 5.75 Å². The maximum atomic E-state index is 13.7. The minimum Gasteiger partial charge on any atom is -0.488 e. The third-order valence-electron chi connectivity index (χ3n) is 7.65. The van der Waals surface area contributed by atoms with Crippen molar-refractivity contribution in [3.05, 3.63) is 41.8 Å². The Hall–Kier alpha value is -2.36. The zero-order chi connectivity index (χ0) is 18.7. The molecule has 0 spiro atoms. The van der Waals surface area contributed by atoms with Gasteiger partial charge in [0.25, 0.3) is 0 Å². The lowest BCUT2D eigenvalue weighted by molar-refractivity contribution is -0.127. The van der Waals surface area contributed by atoms with Gasteiger partial charge >= 0.3 is 0 Å². The average Bonchev–Trinajstić information content (AvgIpc) is 3.30. The van der Waals surface area contributed by atoms with Gasteiger partial charge in [0.15, 0.2) is 5.78 Å². The molecule has 3 bridgehead atoms. The Morgan fingerprint density at radius 2 is 2.07 bits per heavy atom. The van der Waals surface area contributed by atoms with Gasteiger partial charge in [-0.2, -0.15) is 0 Å². The summed E-state index contributed by atoms with van der Waals surface area (Å²) >= 11 is 0. The molecule has 1 aliphatic heterocycles. The maximum Gasteiger partial charge on any atom is 0.225 e. The van der Waals surface area contributed by atoms with Crippen molar-refractivity contribution >= 4 is 11.9 Å². The molecule has 0 radical (unpaired) electrons. The summed E-state index contributed by atoms with van der Waals surface area (Å²) in [6.45, 7) is 0.378. The van der Waals surface area contributed by atoms with Gasteiger partial charge in [-0.1, -0.05) is 25.3 Å². The summed E-state index contributed by atoms with van der Waals surface area (Å²) in [5.74, 6) is 4.07. The molecule has 4 heteroatoms. The number of carbonyl (C=O) groups excluding carboxylic acids is 1. The number of carbonyl (C=O) groups is 1. The Bertz CT molecular complexity index is 956. The molecule has 1 aromatic heterocycles. The van der Waals surface area contributed by atoms with Gasteiger partial charge in [-0.15, -0.1) is 0 Å². The molecule has 0 N–H and O–H groups in total. The third kappa shape index (κ3) is 2.50. The van der Waals surface area contributed by atoms with Crippen molar-refractivity contribution in [3.63, 3.8) is 0 Å². The van der Waals surface area contributed by atoms with Crippen LogP contribution in [0.4, 0.5) is 0 Å². The number of aromatic nitrogens is 1. The summed E-state index contributed by atoms with van der Waals surface area (Å²) in [5, 5.41) is 0. The fourth-order valence-corrected chi connectivity index (χ4v) is 6.57. The summed E-state index contributed by atoms with van der Waals surface area (Å²) in [5.41, 5.74) is 2.62. The highest BCUT2D eigenvalue weighted by Gasteiger charge is 2.55. The quantitative estimate of drug-likeness (QED) is 0.731. The van der Waals surface area contributed by atoms with E-state index in [1.54, 1.807) is 12.5 Å². The molecule has 0 amide bonds. The molecule has 4 unspecified atom stereocenters. The first-order valence-electron chi connectivity index (χ1n) is 10.6. The molecule has 28 heavy (non-hydrogen) atoms. The lowest BCUT2D eigenvalue weighted by Gasteiger charge is -2.37. The fourth-order valence-electron chi connectivity index (χ4n) is 6.57. The highest BCUT2D eigenvalue weighted by atomic mass is 16.5. The molecule has 3 saturated carbocycles. The van der Waals surface area contributed by atoms with Crippen LogP contribution < -0.4 is 4.74 Å². The van der Waals surface area contributed by atoms with E-state index in [1.165, 1.54) is 25.7 Å². The lowest BCUT2D eigenvalue weighted by Crippen LogP contribution is -2.37. The predicted molar refractivity (Wildman–Crippen MR) is 106 cm³/mol. The Morgan fingerprint density at radius 3 is 2.96 bits per heavy atom. The van der Waals surface area contributed by atoms with E-state index in [0.29, 0.717) is 18.3 Å². The molecule has 2 heterocycles. The van der Waals surface area contributed by atoms with E-state index < -0.39 is 0 Å². The highest BCUT2D eigenvalue weighted by Crippen LogP contribution is 2.61. The van der Waals surface area contributed by atoms with Gasteiger partial charge in [-0.25, -0.2) is 4.98 Å². The fraction of sp³-hybridized carbons (Fsp3) is 0.500. The van der Waals surface area contributed by atoms with Crippen LogP contribution in [-0.4, -0.2) is 17.4 Å². The van der Waals surface area contributed by atoms with Crippen LogP contribution in [0.1, 0.15) is 50.5 Å². The first-order valence-corrected chi connectivity index (χ1v) is 10.6. The lowest BCUT2D eigenvalue weighted by atomic mass is 9.66. The molecule has 0 saturated heterocycles. The van der Waals surface area contributed by atoms with Crippen LogP contribution in [-0.2, 0) is 4.79 Å². The molecule has 144 valence electrons. The molecule has 6 rings (SSSR count). The predicted octanol–water partition coefficient (Wildman–Crippen LogP) is 5.29. The van der Waals surface area contributed by atoms with E-state index in [2.05, 4.69) is 11.1 Å². The van der Waals surface area contributed by atoms with E-state index in [0.717, 1.165) is 59.5 Å². The van der Waals surface area contributed by atoms with Crippen LogP contribution in [0.2, 0.25) is 0 Å². The number of nitrogens with zero attached hydrogens (tertiary/aromatic N) is 1. The molecule has 3 fully saturated rings. The van der Waals surface area contributed by atoms with E-state index in [9.17, 15) is 4.79 Å². The average molecular weight is 375 g/mol. The van der Waals surface area contributed by atoms with Gasteiger partial charge in [0.05, 0.1) is 6.20 Å². The number of fused-ring (bicyclic) bond motifs is 3. The number of hydrogen-bond acceptors (Lipinski definition) is 4. The molecule has 2 aromatic rings. The van der Waals surface area contributed by atoms with Crippen molar-refractivity contribution in [1.82, 2.24) is 4.98 Å². The van der Waals surface area contributed by atoms with Crippen LogP contribution in [0.25, 0.3) is 17.5 Å². The van der Waals surface area contributed by atoms with Gasteiger partial charge in [-0.3, -0.25) is 4.79 Å². The molecule has 3 aliphatic carbocycles. The summed E-state index contributed by atoms with van der Waals surface area (Å²) in [6, 6.07) is 5.94. The summed E-state index contributed by atoms with van der Waals surface area (Å²) in [4.78, 5) is 17.9. The second-order valence-corrected chi connectivity index (χ2v) is 9.32. The number of ketones is 1. The number of hydrogen-bond donors (Lipinski definition) is 0. The first kappa shape index (κ1) is 16.6. The third-order valence-corrected chi connectivity index (χ3v) is 7.65. The van der Waals surface area contributed by atoms with Crippen molar-refractivity contribution in [1.29, 1.82) is 0 Å². The number of oxazole rings is 1. The van der Waals surface area contributed by atoms with Crippen LogP contribution in [0, 0.1) is 23.2 Å². The standard InChI is InChI=1S/C24H25NO3/c26-22(24-11-15-2-1-3-18(12-24)19(8-15)13-24)20-9-16-4-5-17(10-21(16)28-14-20)23-25-6-7-27-23/h4-7,9-10,15,18-19H,1-3,8,11-14H2. The zero-order valence-electron chi connectivity index (χ0n) is 16.0. The van der Waals surface area contributed by atoms with Gasteiger partial charge in [0.2, 0.25) is 5.89 Å². The molecular weight excluding hydrogens is 350 g/mol. The van der Waals surface area contributed by atoms with Crippen LogP contribution in [0.3, 0.4) is 0 Å². The van der Waals surface area contributed by atoms with E-state index in [-0.39, 0.29) is 5.41 Å². The van der Waals surface area contributed by atoms with Crippen molar-refractivity contribution in [2.75, 3.05) is 6.61 Å². The number of benzene rings is 1. The molecule has 4 aliphatic rings. The molecule has 1 aromatic carbocycles. The SMILES string of the molecule is O=C(C1=Cc2ccc(-c3ncco3)cc2OC1)C12CC3CCCC(C1)C(C3)C2. The number of ether oxygens (including phenoxy) is 1. The zero-order valence-corrected chi connectivity index (χ0v) is 16.0. The highest BCUT2D eigenvalue weighted by molar-refractivity contribution is 6.04. The maximum absolute atomic E-state index is 13.7. The second-order valence-electron chi connectivity index (χ2n) is 9.32. The van der Waals surface area contributed by atoms with Crippen LogP contribution >= 0.6 is 0 Å². The normalized spacial score (nSPS) is 33.0. The largest absolute Gasteiger partial charge is 0.488 e. The Balaban J connectivity index is 1.31. The van der Waals surface area contributed by atoms with Crippen molar-refractivity contribution < 1.29 is 13.9 Å². The minimum atomic E-state index is -0.108. The number of rotatable bonds is 3. The number of Topliss-reactive ketones (excluding diaryl/α,β-unsaturated/α-hetero) is 1. The van der Waals surface area contributed by atoms with Crippen molar-refractivity contribution in [2.45, 2.75) is 44.9 Å². The molecule has 4 nitrogen and oxygen atoms in total. The summed E-state index contributed by atoms with van der Waals surface area (Å²) < 4.78 is 11.4.